The Morgan fingerprint density at radius 3 is 2.76 bits per heavy atom. The zero-order chi connectivity index (χ0) is 17.1. The summed E-state index contributed by atoms with van der Waals surface area (Å²) in [6.45, 7) is 2.61. The standard InChI is InChI=1S/C17H22N4O3.ClH/c1-11(18-2)8-15-19-17(24-20-15)12-9-16(22)21(10-12)13-4-6-14(23-3)7-5-13;/h4-7,11-12,18H,8-10H2,1-3H3;1H. The summed E-state index contributed by atoms with van der Waals surface area (Å²) in [5.74, 6) is 1.97. The van der Waals surface area contributed by atoms with Crippen molar-refractivity contribution >= 4 is 24.0 Å². The minimum atomic E-state index is -0.0641. The highest BCUT2D eigenvalue weighted by molar-refractivity contribution is 5.96. The number of carbonyl (C=O) groups is 1. The molecule has 1 aromatic heterocycles. The van der Waals surface area contributed by atoms with Gasteiger partial charge in [0.15, 0.2) is 5.82 Å². The Balaban J connectivity index is 0.00000225. The Morgan fingerprint density at radius 1 is 1.40 bits per heavy atom. The van der Waals surface area contributed by atoms with Crippen molar-refractivity contribution in [2.45, 2.75) is 31.7 Å². The zero-order valence-corrected chi connectivity index (χ0v) is 15.4. The Kier molecular flexibility index (Phi) is 6.39. The molecule has 1 aliphatic rings. The molecule has 0 aliphatic carbocycles. The first kappa shape index (κ1) is 19.2. The molecule has 2 aromatic rings. The Hall–Kier alpha value is -2.12. The number of hydrogen-bond acceptors (Lipinski definition) is 6. The van der Waals surface area contributed by atoms with E-state index in [-0.39, 0.29) is 30.3 Å². The third-order valence-electron chi connectivity index (χ3n) is 4.32. The molecule has 0 saturated carbocycles. The summed E-state index contributed by atoms with van der Waals surface area (Å²) in [7, 11) is 3.52. The molecule has 2 heterocycles. The minimum absolute atomic E-state index is 0. The van der Waals surface area contributed by atoms with Gasteiger partial charge in [0.25, 0.3) is 0 Å². The van der Waals surface area contributed by atoms with Crippen LogP contribution in [0.25, 0.3) is 0 Å². The van der Waals surface area contributed by atoms with Crippen LogP contribution in [0, 0.1) is 0 Å². The number of nitrogens with one attached hydrogen (secondary N) is 1. The Morgan fingerprint density at radius 2 is 2.12 bits per heavy atom. The lowest BCUT2D eigenvalue weighted by Crippen LogP contribution is -2.24. The average Bonchev–Trinajstić information content (AvgIpc) is 3.21. The Bertz CT molecular complexity index is 704. The van der Waals surface area contributed by atoms with E-state index in [1.807, 2.05) is 31.3 Å². The van der Waals surface area contributed by atoms with Crippen LogP contribution in [0.4, 0.5) is 5.69 Å². The van der Waals surface area contributed by atoms with E-state index in [1.54, 1.807) is 12.0 Å². The fourth-order valence-electron chi connectivity index (χ4n) is 2.78. The topological polar surface area (TPSA) is 80.5 Å². The third kappa shape index (κ3) is 4.29. The van der Waals surface area contributed by atoms with Crippen molar-refractivity contribution in [1.29, 1.82) is 0 Å². The number of amides is 1. The van der Waals surface area contributed by atoms with Crippen molar-refractivity contribution in [1.82, 2.24) is 15.5 Å². The monoisotopic (exact) mass is 366 g/mol. The fourth-order valence-corrected chi connectivity index (χ4v) is 2.78. The molecule has 25 heavy (non-hydrogen) atoms. The van der Waals surface area contributed by atoms with Crippen LogP contribution in [-0.2, 0) is 11.2 Å². The number of ether oxygens (including phenoxy) is 1. The number of anilines is 1. The lowest BCUT2D eigenvalue weighted by molar-refractivity contribution is -0.117. The second kappa shape index (κ2) is 8.31. The average molecular weight is 367 g/mol. The molecule has 1 amide bonds. The van der Waals surface area contributed by atoms with Crippen LogP contribution in [0.15, 0.2) is 28.8 Å². The number of benzene rings is 1. The fraction of sp³-hybridized carbons (Fsp3) is 0.471. The summed E-state index contributed by atoms with van der Waals surface area (Å²) < 4.78 is 10.5. The van der Waals surface area contributed by atoms with Crippen molar-refractivity contribution in [2.75, 3.05) is 25.6 Å². The molecule has 1 fully saturated rings. The van der Waals surface area contributed by atoms with Gasteiger partial charge in [-0.25, -0.2) is 0 Å². The number of rotatable bonds is 6. The van der Waals surface area contributed by atoms with Crippen LogP contribution < -0.4 is 15.0 Å². The Labute approximate surface area is 153 Å². The van der Waals surface area contributed by atoms with E-state index in [2.05, 4.69) is 22.4 Å². The highest BCUT2D eigenvalue weighted by atomic mass is 35.5. The summed E-state index contributed by atoms with van der Waals surface area (Å²) in [5, 5.41) is 7.16. The number of aromatic nitrogens is 2. The maximum atomic E-state index is 12.3. The van der Waals surface area contributed by atoms with Gasteiger partial charge >= 0.3 is 0 Å². The number of carbonyl (C=O) groups excluding carboxylic acids is 1. The predicted molar refractivity (Wildman–Crippen MR) is 96.5 cm³/mol. The van der Waals surface area contributed by atoms with Gasteiger partial charge in [-0.15, -0.1) is 12.4 Å². The molecule has 0 bridgehead atoms. The van der Waals surface area contributed by atoms with E-state index in [9.17, 15) is 4.79 Å². The summed E-state index contributed by atoms with van der Waals surface area (Å²) in [6.07, 6.45) is 1.08. The van der Waals surface area contributed by atoms with Gasteiger partial charge in [0.2, 0.25) is 11.8 Å². The number of halogens is 1. The van der Waals surface area contributed by atoms with Crippen LogP contribution in [0.2, 0.25) is 0 Å². The smallest absolute Gasteiger partial charge is 0.232 e. The van der Waals surface area contributed by atoms with Crippen LogP contribution in [0.1, 0.15) is 31.0 Å². The van der Waals surface area contributed by atoms with Crippen molar-refractivity contribution in [3.8, 4) is 5.75 Å². The van der Waals surface area contributed by atoms with Gasteiger partial charge in [0.1, 0.15) is 5.75 Å². The first-order chi connectivity index (χ1) is 11.6. The maximum Gasteiger partial charge on any atom is 0.232 e. The van der Waals surface area contributed by atoms with Crippen LogP contribution >= 0.6 is 12.4 Å². The van der Waals surface area contributed by atoms with Gasteiger partial charge in [0.05, 0.1) is 13.0 Å². The molecular formula is C17H23ClN4O3. The van der Waals surface area contributed by atoms with Crippen molar-refractivity contribution in [3.05, 3.63) is 36.0 Å². The lowest BCUT2D eigenvalue weighted by Gasteiger charge is -2.16. The van der Waals surface area contributed by atoms with Crippen molar-refractivity contribution in [2.24, 2.45) is 0 Å². The third-order valence-corrected chi connectivity index (χ3v) is 4.32. The van der Waals surface area contributed by atoms with Crippen LogP contribution in [0.3, 0.4) is 0 Å². The largest absolute Gasteiger partial charge is 0.497 e. The molecule has 136 valence electrons. The number of likely N-dealkylation sites (N-methyl/N-ethyl adjacent to an activating group) is 1. The van der Waals surface area contributed by atoms with Gasteiger partial charge in [-0.1, -0.05) is 5.16 Å². The van der Waals surface area contributed by atoms with Crippen molar-refractivity contribution in [3.63, 3.8) is 0 Å². The lowest BCUT2D eigenvalue weighted by atomic mass is 10.1. The van der Waals surface area contributed by atoms with E-state index in [0.717, 1.165) is 11.4 Å². The van der Waals surface area contributed by atoms with E-state index in [1.165, 1.54) is 0 Å². The molecule has 8 heteroatoms. The van der Waals surface area contributed by atoms with E-state index in [4.69, 9.17) is 9.26 Å². The van der Waals surface area contributed by atoms with E-state index < -0.39 is 0 Å². The first-order valence-corrected chi connectivity index (χ1v) is 8.05. The predicted octanol–water partition coefficient (Wildman–Crippen LogP) is 2.17. The summed E-state index contributed by atoms with van der Waals surface area (Å²) >= 11 is 0. The maximum absolute atomic E-state index is 12.3. The molecule has 1 aromatic carbocycles. The molecule has 2 unspecified atom stereocenters. The van der Waals surface area contributed by atoms with E-state index in [0.29, 0.717) is 31.1 Å². The number of hydrogen-bond donors (Lipinski definition) is 1. The molecule has 1 aliphatic heterocycles. The normalized spacial score (nSPS) is 18.1. The molecule has 2 atom stereocenters. The highest BCUT2D eigenvalue weighted by Crippen LogP contribution is 2.31. The zero-order valence-electron chi connectivity index (χ0n) is 14.6. The summed E-state index contributed by atoms with van der Waals surface area (Å²) in [6, 6.07) is 7.73. The molecule has 3 rings (SSSR count). The minimum Gasteiger partial charge on any atom is -0.497 e. The second-order valence-corrected chi connectivity index (χ2v) is 6.05. The van der Waals surface area contributed by atoms with Gasteiger partial charge in [-0.05, 0) is 38.2 Å². The molecule has 1 saturated heterocycles. The second-order valence-electron chi connectivity index (χ2n) is 6.05. The van der Waals surface area contributed by atoms with Crippen LogP contribution in [-0.4, -0.2) is 42.8 Å². The quantitative estimate of drug-likeness (QED) is 0.843. The van der Waals surface area contributed by atoms with Crippen LogP contribution in [0.5, 0.6) is 5.75 Å². The van der Waals surface area contributed by atoms with Crippen molar-refractivity contribution < 1.29 is 14.1 Å². The van der Waals surface area contributed by atoms with E-state index >= 15 is 0 Å². The highest BCUT2D eigenvalue weighted by Gasteiger charge is 2.35. The van der Waals surface area contributed by atoms with Gasteiger partial charge < -0.3 is 19.5 Å². The summed E-state index contributed by atoms with van der Waals surface area (Å²) in [4.78, 5) is 18.5. The molecule has 0 radical (unpaired) electrons. The van der Waals surface area contributed by atoms with Gasteiger partial charge in [-0.3, -0.25) is 4.79 Å². The van der Waals surface area contributed by atoms with Gasteiger partial charge in [-0.2, -0.15) is 4.98 Å². The molecular weight excluding hydrogens is 344 g/mol. The number of methoxy groups -OCH3 is 1. The van der Waals surface area contributed by atoms with Gasteiger partial charge in [0, 0.05) is 31.1 Å². The molecule has 7 nitrogen and oxygen atoms in total. The SMILES string of the molecule is CNC(C)Cc1noc(C2CC(=O)N(c3ccc(OC)cc3)C2)n1.Cl. The summed E-state index contributed by atoms with van der Waals surface area (Å²) in [5.41, 5.74) is 0.854. The molecule has 1 N–H and O–H groups in total. The first-order valence-electron chi connectivity index (χ1n) is 8.05. The molecule has 0 spiro atoms. The number of nitrogens with zero attached hydrogens (tertiary/aromatic N) is 3.